The van der Waals surface area contributed by atoms with Crippen LogP contribution >= 0.6 is 15.9 Å². The average molecular weight is 310 g/mol. The van der Waals surface area contributed by atoms with Crippen molar-refractivity contribution in [3.05, 3.63) is 28.1 Å². The van der Waals surface area contributed by atoms with Crippen molar-refractivity contribution in [3.63, 3.8) is 0 Å². The minimum atomic E-state index is -0.109. The minimum Gasteiger partial charge on any atom is -0.225 e. The van der Waals surface area contributed by atoms with Crippen molar-refractivity contribution in [3.8, 4) is 5.82 Å². The van der Waals surface area contributed by atoms with Crippen LogP contribution in [0.2, 0.25) is 0 Å². The molecule has 6 heteroatoms. The van der Waals surface area contributed by atoms with Crippen LogP contribution in [0.3, 0.4) is 0 Å². The second-order valence-electron chi connectivity index (χ2n) is 5.24. The third-order valence-electron chi connectivity index (χ3n) is 2.44. The van der Waals surface area contributed by atoms with Crippen molar-refractivity contribution < 1.29 is 0 Å². The van der Waals surface area contributed by atoms with Crippen molar-refractivity contribution in [2.24, 2.45) is 0 Å². The lowest BCUT2D eigenvalue weighted by Gasteiger charge is -2.17. The van der Waals surface area contributed by atoms with Gasteiger partial charge in [0.2, 0.25) is 0 Å². The molecule has 5 nitrogen and oxygen atoms in total. The highest BCUT2D eigenvalue weighted by Crippen LogP contribution is 2.22. The van der Waals surface area contributed by atoms with Gasteiger partial charge in [-0.2, -0.15) is 4.68 Å². The molecule has 0 aliphatic rings. The lowest BCUT2D eigenvalue weighted by Crippen LogP contribution is -2.18. The lowest BCUT2D eigenvalue weighted by atomic mass is 9.96. The molecule has 0 bridgehead atoms. The monoisotopic (exact) mass is 309 g/mol. The van der Waals surface area contributed by atoms with Gasteiger partial charge in [-0.05, 0) is 29.8 Å². The number of aromatic nitrogens is 5. The van der Waals surface area contributed by atoms with Crippen LogP contribution in [-0.4, -0.2) is 24.7 Å². The quantitative estimate of drug-likeness (QED) is 0.760. The Morgan fingerprint density at radius 1 is 1.11 bits per heavy atom. The van der Waals surface area contributed by atoms with Gasteiger partial charge < -0.3 is 0 Å². The summed E-state index contributed by atoms with van der Waals surface area (Å²) < 4.78 is 2.49. The third-order valence-corrected chi connectivity index (χ3v) is 2.85. The SMILES string of the molecule is Cc1nc(C)n(-c2cc(Br)nc(C(C)(C)C)n2)n1. The Kier molecular flexibility index (Phi) is 3.23. The predicted molar refractivity (Wildman–Crippen MR) is 72.8 cm³/mol. The molecule has 96 valence electrons. The molecule has 0 aliphatic heterocycles. The molecular formula is C12H16BrN5. The van der Waals surface area contributed by atoms with E-state index in [0.29, 0.717) is 0 Å². The Morgan fingerprint density at radius 2 is 1.78 bits per heavy atom. The summed E-state index contributed by atoms with van der Waals surface area (Å²) >= 11 is 3.42. The van der Waals surface area contributed by atoms with E-state index in [0.717, 1.165) is 27.9 Å². The second kappa shape index (κ2) is 4.42. The lowest BCUT2D eigenvalue weighted by molar-refractivity contribution is 0.539. The van der Waals surface area contributed by atoms with E-state index >= 15 is 0 Å². The van der Waals surface area contributed by atoms with E-state index in [2.05, 4.69) is 56.8 Å². The van der Waals surface area contributed by atoms with Gasteiger partial charge in [-0.1, -0.05) is 20.8 Å². The van der Waals surface area contributed by atoms with Crippen molar-refractivity contribution >= 4 is 15.9 Å². The predicted octanol–water partition coefficient (Wildman–Crippen LogP) is 2.73. The summed E-state index contributed by atoms with van der Waals surface area (Å²) in [4.78, 5) is 13.3. The summed E-state index contributed by atoms with van der Waals surface area (Å²) in [6.07, 6.45) is 0. The van der Waals surface area contributed by atoms with Crippen LogP contribution in [0.25, 0.3) is 5.82 Å². The first-order chi connectivity index (χ1) is 8.27. The van der Waals surface area contributed by atoms with Crippen LogP contribution in [0.4, 0.5) is 0 Å². The number of rotatable bonds is 1. The van der Waals surface area contributed by atoms with Gasteiger partial charge >= 0.3 is 0 Å². The maximum absolute atomic E-state index is 4.57. The number of hydrogen-bond donors (Lipinski definition) is 0. The first kappa shape index (κ1) is 13.1. The highest BCUT2D eigenvalue weighted by atomic mass is 79.9. The van der Waals surface area contributed by atoms with Gasteiger partial charge in [0, 0.05) is 11.5 Å². The average Bonchev–Trinajstić information content (AvgIpc) is 2.55. The molecule has 0 saturated carbocycles. The smallest absolute Gasteiger partial charge is 0.160 e. The van der Waals surface area contributed by atoms with Gasteiger partial charge in [-0.15, -0.1) is 5.10 Å². The summed E-state index contributed by atoms with van der Waals surface area (Å²) in [5.74, 6) is 3.07. The summed E-state index contributed by atoms with van der Waals surface area (Å²) in [6.45, 7) is 10.0. The van der Waals surface area contributed by atoms with Crippen LogP contribution in [0.15, 0.2) is 10.7 Å². The molecule has 0 atom stereocenters. The van der Waals surface area contributed by atoms with Gasteiger partial charge in [0.25, 0.3) is 0 Å². The van der Waals surface area contributed by atoms with E-state index in [9.17, 15) is 0 Å². The highest BCUT2D eigenvalue weighted by molar-refractivity contribution is 9.10. The molecule has 0 radical (unpaired) electrons. The molecule has 0 N–H and O–H groups in total. The van der Waals surface area contributed by atoms with Crippen LogP contribution < -0.4 is 0 Å². The number of aryl methyl sites for hydroxylation is 2. The van der Waals surface area contributed by atoms with Gasteiger partial charge in [0.15, 0.2) is 5.82 Å². The van der Waals surface area contributed by atoms with E-state index < -0.39 is 0 Å². The van der Waals surface area contributed by atoms with Gasteiger partial charge in [0.1, 0.15) is 22.1 Å². The first-order valence-electron chi connectivity index (χ1n) is 5.73. The van der Waals surface area contributed by atoms with Gasteiger partial charge in [-0.3, -0.25) is 0 Å². The van der Waals surface area contributed by atoms with Crippen molar-refractivity contribution in [2.45, 2.75) is 40.0 Å². The zero-order valence-corrected chi connectivity index (χ0v) is 12.8. The third kappa shape index (κ3) is 2.58. The summed E-state index contributed by atoms with van der Waals surface area (Å²) in [7, 11) is 0. The zero-order valence-electron chi connectivity index (χ0n) is 11.2. The zero-order chi connectivity index (χ0) is 13.5. The fourth-order valence-electron chi connectivity index (χ4n) is 1.59. The van der Waals surface area contributed by atoms with E-state index in [1.165, 1.54) is 0 Å². The Bertz CT molecular complexity index is 583. The normalized spacial score (nSPS) is 11.9. The fourth-order valence-corrected chi connectivity index (χ4v) is 1.96. The van der Waals surface area contributed by atoms with Gasteiger partial charge in [-0.25, -0.2) is 15.0 Å². The molecule has 0 spiro atoms. The maximum atomic E-state index is 4.57. The van der Waals surface area contributed by atoms with Crippen LogP contribution in [0.5, 0.6) is 0 Å². The van der Waals surface area contributed by atoms with E-state index in [4.69, 9.17) is 0 Å². The Morgan fingerprint density at radius 3 is 2.28 bits per heavy atom. The molecule has 18 heavy (non-hydrogen) atoms. The van der Waals surface area contributed by atoms with Crippen molar-refractivity contribution in [1.29, 1.82) is 0 Å². The topological polar surface area (TPSA) is 56.5 Å². The summed E-state index contributed by atoms with van der Waals surface area (Å²) in [5, 5.41) is 4.34. The van der Waals surface area contributed by atoms with Crippen molar-refractivity contribution in [2.75, 3.05) is 0 Å². The molecule has 2 heterocycles. The molecule has 0 aliphatic carbocycles. The molecule has 0 fully saturated rings. The summed E-state index contributed by atoms with van der Waals surface area (Å²) in [5.41, 5.74) is -0.109. The first-order valence-corrected chi connectivity index (χ1v) is 6.52. The Balaban J connectivity index is 2.59. The number of hydrogen-bond acceptors (Lipinski definition) is 4. The molecule has 2 aromatic rings. The minimum absolute atomic E-state index is 0.109. The molecule has 0 unspecified atom stereocenters. The molecular weight excluding hydrogens is 294 g/mol. The molecule has 0 amide bonds. The maximum Gasteiger partial charge on any atom is 0.160 e. The van der Waals surface area contributed by atoms with E-state index in [1.54, 1.807) is 4.68 Å². The summed E-state index contributed by atoms with van der Waals surface area (Å²) in [6, 6.07) is 1.84. The van der Waals surface area contributed by atoms with Gasteiger partial charge in [0.05, 0.1) is 0 Å². The standard InChI is InChI=1S/C12H16BrN5/c1-7-14-8(2)18(17-7)10-6-9(13)15-11(16-10)12(3,4)5/h6H,1-5H3. The van der Waals surface area contributed by atoms with Crippen LogP contribution in [-0.2, 0) is 5.41 Å². The second-order valence-corrected chi connectivity index (χ2v) is 6.05. The number of nitrogens with zero attached hydrogens (tertiary/aromatic N) is 5. The largest absolute Gasteiger partial charge is 0.225 e. The Hall–Kier alpha value is -1.30. The Labute approximate surface area is 115 Å². The molecule has 2 rings (SSSR count). The van der Waals surface area contributed by atoms with Crippen molar-refractivity contribution in [1.82, 2.24) is 24.7 Å². The van der Waals surface area contributed by atoms with E-state index in [1.807, 2.05) is 19.9 Å². The molecule has 0 saturated heterocycles. The van der Waals surface area contributed by atoms with Crippen LogP contribution in [0, 0.1) is 13.8 Å². The van der Waals surface area contributed by atoms with Crippen LogP contribution in [0.1, 0.15) is 38.2 Å². The molecule has 0 aromatic carbocycles. The van der Waals surface area contributed by atoms with E-state index in [-0.39, 0.29) is 5.41 Å². The highest BCUT2D eigenvalue weighted by Gasteiger charge is 2.20. The number of halogens is 1. The fraction of sp³-hybridized carbons (Fsp3) is 0.500. The molecule has 2 aromatic heterocycles.